The van der Waals surface area contributed by atoms with E-state index in [1.165, 1.54) is 25.7 Å². The first kappa shape index (κ1) is 17.3. The van der Waals surface area contributed by atoms with Crippen molar-refractivity contribution in [2.75, 3.05) is 0 Å². The third-order valence-corrected chi connectivity index (χ3v) is 4.93. The molecule has 0 aromatic carbocycles. The largest absolute Gasteiger partial charge is 0.310 e. The number of nitrogens with one attached hydrogen (secondary N) is 1. The summed E-state index contributed by atoms with van der Waals surface area (Å²) in [5.41, 5.74) is 2.21. The Labute approximate surface area is 135 Å². The van der Waals surface area contributed by atoms with Crippen molar-refractivity contribution in [3.05, 3.63) is 33.7 Å². The fourth-order valence-electron chi connectivity index (χ4n) is 3.35. The van der Waals surface area contributed by atoms with E-state index < -0.39 is 0 Å². The minimum Gasteiger partial charge on any atom is -0.310 e. The van der Waals surface area contributed by atoms with Crippen LogP contribution >= 0.6 is 0 Å². The number of nitrogens with zero attached hydrogens (tertiary/aromatic N) is 1. The van der Waals surface area contributed by atoms with Crippen LogP contribution in [0.3, 0.4) is 0 Å². The summed E-state index contributed by atoms with van der Waals surface area (Å²) in [7, 11) is 0. The monoisotopic (exact) mass is 304 g/mol. The van der Waals surface area contributed by atoms with Crippen LogP contribution in [0.1, 0.15) is 84.0 Å². The van der Waals surface area contributed by atoms with Gasteiger partial charge in [0.05, 0.1) is 0 Å². The van der Waals surface area contributed by atoms with Crippen molar-refractivity contribution in [3.8, 4) is 0 Å². The van der Waals surface area contributed by atoms with Gasteiger partial charge in [-0.05, 0) is 32.3 Å². The van der Waals surface area contributed by atoms with E-state index in [9.17, 15) is 4.79 Å². The molecular weight excluding hydrogens is 272 g/mol. The predicted molar refractivity (Wildman–Crippen MR) is 93.5 cm³/mol. The van der Waals surface area contributed by atoms with Gasteiger partial charge in [-0.2, -0.15) is 0 Å². The molecule has 3 heteroatoms. The summed E-state index contributed by atoms with van der Waals surface area (Å²) in [5, 5.41) is 3.57. The first-order valence-corrected chi connectivity index (χ1v) is 8.83. The van der Waals surface area contributed by atoms with Gasteiger partial charge in [0.2, 0.25) is 0 Å². The highest BCUT2D eigenvalue weighted by atomic mass is 16.1. The van der Waals surface area contributed by atoms with Crippen molar-refractivity contribution in [1.82, 2.24) is 9.88 Å². The highest BCUT2D eigenvalue weighted by Gasteiger charge is 2.23. The van der Waals surface area contributed by atoms with Crippen molar-refractivity contribution in [3.63, 3.8) is 0 Å². The second-order valence-corrected chi connectivity index (χ2v) is 7.79. The van der Waals surface area contributed by atoms with Gasteiger partial charge in [-0.15, -0.1) is 0 Å². The fraction of sp³-hybridized carbons (Fsp3) is 0.737. The molecule has 1 unspecified atom stereocenters. The van der Waals surface area contributed by atoms with E-state index in [4.69, 9.17) is 0 Å². The first-order valence-electron chi connectivity index (χ1n) is 8.83. The molecule has 1 fully saturated rings. The van der Waals surface area contributed by atoms with Crippen LogP contribution in [0.5, 0.6) is 0 Å². The highest BCUT2D eigenvalue weighted by molar-refractivity contribution is 5.22. The number of aromatic nitrogens is 1. The van der Waals surface area contributed by atoms with E-state index in [1.807, 2.05) is 10.6 Å². The van der Waals surface area contributed by atoms with Gasteiger partial charge in [-0.1, -0.05) is 46.6 Å². The SMILES string of the molecule is CCC(C)n1c(C(C)(C)C)ccc(CNC2CCCC2)c1=O. The Morgan fingerprint density at radius 1 is 1.27 bits per heavy atom. The molecule has 1 N–H and O–H groups in total. The van der Waals surface area contributed by atoms with Gasteiger partial charge >= 0.3 is 0 Å². The number of hydrogen-bond donors (Lipinski definition) is 1. The van der Waals surface area contributed by atoms with Gasteiger partial charge in [-0.3, -0.25) is 4.79 Å². The summed E-state index contributed by atoms with van der Waals surface area (Å²) in [6, 6.07) is 5.02. The van der Waals surface area contributed by atoms with Crippen molar-refractivity contribution in [2.45, 2.75) is 90.8 Å². The van der Waals surface area contributed by atoms with Crippen LogP contribution in [-0.4, -0.2) is 10.6 Å². The van der Waals surface area contributed by atoms with Gasteiger partial charge < -0.3 is 9.88 Å². The molecule has 0 bridgehead atoms. The quantitative estimate of drug-likeness (QED) is 0.886. The van der Waals surface area contributed by atoms with Gasteiger partial charge in [0.15, 0.2) is 0 Å². The molecule has 0 spiro atoms. The lowest BCUT2D eigenvalue weighted by molar-refractivity contribution is 0.433. The van der Waals surface area contributed by atoms with Gasteiger partial charge in [0.25, 0.3) is 5.56 Å². The van der Waals surface area contributed by atoms with Gasteiger partial charge in [0.1, 0.15) is 0 Å². The van der Waals surface area contributed by atoms with E-state index in [2.05, 4.69) is 46.0 Å². The zero-order valence-electron chi connectivity index (χ0n) is 14.9. The molecule has 1 aromatic heterocycles. The van der Waals surface area contributed by atoms with Gasteiger partial charge in [0, 0.05) is 35.3 Å². The minimum atomic E-state index is -0.0139. The average molecular weight is 304 g/mol. The number of rotatable bonds is 5. The predicted octanol–water partition coefficient (Wildman–Crippen LogP) is 4.15. The summed E-state index contributed by atoms with van der Waals surface area (Å²) < 4.78 is 2.02. The lowest BCUT2D eigenvalue weighted by atomic mass is 9.90. The molecule has 22 heavy (non-hydrogen) atoms. The minimum absolute atomic E-state index is 0.0139. The Kier molecular flexibility index (Phi) is 5.49. The molecule has 2 rings (SSSR count). The van der Waals surface area contributed by atoms with E-state index in [0.717, 1.165) is 17.7 Å². The molecule has 0 amide bonds. The maximum Gasteiger partial charge on any atom is 0.255 e. The zero-order valence-corrected chi connectivity index (χ0v) is 14.9. The lowest BCUT2D eigenvalue weighted by Crippen LogP contribution is -2.36. The van der Waals surface area contributed by atoms with Crippen LogP contribution in [0.15, 0.2) is 16.9 Å². The Bertz CT molecular complexity index is 548. The molecule has 1 aliphatic carbocycles. The number of pyridine rings is 1. The van der Waals surface area contributed by atoms with Crippen LogP contribution in [-0.2, 0) is 12.0 Å². The maximum absolute atomic E-state index is 13.0. The Morgan fingerprint density at radius 2 is 1.91 bits per heavy atom. The van der Waals surface area contributed by atoms with E-state index in [-0.39, 0.29) is 17.0 Å². The lowest BCUT2D eigenvalue weighted by Gasteiger charge is -2.28. The van der Waals surface area contributed by atoms with Crippen LogP contribution in [0.4, 0.5) is 0 Å². The second-order valence-electron chi connectivity index (χ2n) is 7.79. The topological polar surface area (TPSA) is 34.0 Å². The molecule has 0 aliphatic heterocycles. The molecule has 124 valence electrons. The third kappa shape index (κ3) is 3.81. The van der Waals surface area contributed by atoms with Crippen LogP contribution in [0.25, 0.3) is 0 Å². The van der Waals surface area contributed by atoms with Crippen molar-refractivity contribution in [2.24, 2.45) is 0 Å². The van der Waals surface area contributed by atoms with Crippen LogP contribution in [0.2, 0.25) is 0 Å². The summed E-state index contributed by atoms with van der Waals surface area (Å²) in [5.74, 6) is 0. The second kappa shape index (κ2) is 6.99. The summed E-state index contributed by atoms with van der Waals surface area (Å²) in [4.78, 5) is 13.0. The Morgan fingerprint density at radius 3 is 2.45 bits per heavy atom. The molecule has 0 saturated heterocycles. The molecule has 1 heterocycles. The molecule has 1 aromatic rings. The molecule has 3 nitrogen and oxygen atoms in total. The molecule has 1 aliphatic rings. The van der Waals surface area contributed by atoms with Crippen molar-refractivity contribution < 1.29 is 0 Å². The Balaban J connectivity index is 2.30. The fourth-order valence-corrected chi connectivity index (χ4v) is 3.35. The normalized spacial score (nSPS) is 17.9. The summed E-state index contributed by atoms with van der Waals surface area (Å²) in [6.45, 7) is 11.5. The Hall–Kier alpha value is -1.09. The smallest absolute Gasteiger partial charge is 0.255 e. The molecule has 0 radical (unpaired) electrons. The number of hydrogen-bond acceptors (Lipinski definition) is 2. The molecule has 1 saturated carbocycles. The zero-order chi connectivity index (χ0) is 16.3. The molecular formula is C19H32N2O. The standard InChI is InChI=1S/C19H32N2O/c1-6-14(2)21-17(19(3,4)5)12-11-15(18(21)22)13-20-16-9-7-8-10-16/h11-12,14,16,20H,6-10,13H2,1-5H3. The summed E-state index contributed by atoms with van der Waals surface area (Å²) in [6.07, 6.45) is 6.11. The van der Waals surface area contributed by atoms with Crippen LogP contribution < -0.4 is 10.9 Å². The van der Waals surface area contributed by atoms with E-state index in [0.29, 0.717) is 12.6 Å². The van der Waals surface area contributed by atoms with Gasteiger partial charge in [-0.25, -0.2) is 0 Å². The van der Waals surface area contributed by atoms with Crippen molar-refractivity contribution in [1.29, 1.82) is 0 Å². The van der Waals surface area contributed by atoms with E-state index >= 15 is 0 Å². The van der Waals surface area contributed by atoms with E-state index in [1.54, 1.807) is 0 Å². The average Bonchev–Trinajstić information content (AvgIpc) is 2.97. The highest BCUT2D eigenvalue weighted by Crippen LogP contribution is 2.25. The first-order chi connectivity index (χ1) is 10.3. The van der Waals surface area contributed by atoms with Crippen molar-refractivity contribution >= 4 is 0 Å². The van der Waals surface area contributed by atoms with Crippen LogP contribution in [0, 0.1) is 0 Å². The third-order valence-electron chi connectivity index (χ3n) is 4.93. The molecule has 1 atom stereocenters. The maximum atomic E-state index is 13.0. The summed E-state index contributed by atoms with van der Waals surface area (Å²) >= 11 is 0.